The number of morpholine rings is 1. The van der Waals surface area contributed by atoms with Gasteiger partial charge in [0, 0.05) is 44.8 Å². The first-order valence-corrected chi connectivity index (χ1v) is 9.07. The van der Waals surface area contributed by atoms with Gasteiger partial charge in [-0.2, -0.15) is 0 Å². The highest BCUT2D eigenvalue weighted by Gasteiger charge is 2.15. The summed E-state index contributed by atoms with van der Waals surface area (Å²) in [7, 11) is 0. The van der Waals surface area contributed by atoms with Crippen LogP contribution in [0.3, 0.4) is 0 Å². The van der Waals surface area contributed by atoms with Crippen molar-refractivity contribution in [3.8, 4) is 0 Å². The number of nitrogens with zero attached hydrogens (tertiary/aromatic N) is 4. The quantitative estimate of drug-likeness (QED) is 0.733. The van der Waals surface area contributed by atoms with Crippen molar-refractivity contribution in [3.63, 3.8) is 0 Å². The zero-order valence-corrected chi connectivity index (χ0v) is 15.2. The molecule has 0 saturated carbocycles. The average molecular weight is 344 g/mol. The number of aromatic nitrogens is 2. The van der Waals surface area contributed by atoms with Crippen LogP contribution in [0, 0.1) is 0 Å². The third kappa shape index (κ3) is 5.63. The minimum atomic E-state index is 0.340. The van der Waals surface area contributed by atoms with Gasteiger partial charge in [-0.1, -0.05) is 13.8 Å². The van der Waals surface area contributed by atoms with Gasteiger partial charge in [0.2, 0.25) is 0 Å². The molecule has 0 amide bonds. The van der Waals surface area contributed by atoms with Crippen LogP contribution in [0.15, 0.2) is 35.1 Å². The Labute approximate surface area is 149 Å². The number of hydrogen-bond donors (Lipinski definition) is 0. The highest BCUT2D eigenvalue weighted by molar-refractivity contribution is 5.05. The fourth-order valence-corrected chi connectivity index (χ4v) is 2.95. The van der Waals surface area contributed by atoms with E-state index in [0.717, 1.165) is 69.8 Å². The number of rotatable bonds is 8. The van der Waals surface area contributed by atoms with E-state index < -0.39 is 0 Å². The lowest BCUT2D eigenvalue weighted by atomic mass is 10.2. The van der Waals surface area contributed by atoms with Crippen molar-refractivity contribution in [1.29, 1.82) is 0 Å². The molecule has 2 aromatic rings. The van der Waals surface area contributed by atoms with Crippen molar-refractivity contribution in [2.24, 2.45) is 0 Å². The van der Waals surface area contributed by atoms with Crippen LogP contribution in [0.4, 0.5) is 0 Å². The van der Waals surface area contributed by atoms with Crippen molar-refractivity contribution in [1.82, 2.24) is 19.8 Å². The van der Waals surface area contributed by atoms with Gasteiger partial charge in [0.15, 0.2) is 0 Å². The molecule has 0 aromatic carbocycles. The van der Waals surface area contributed by atoms with Gasteiger partial charge in [-0.05, 0) is 18.2 Å². The third-order valence-corrected chi connectivity index (χ3v) is 4.43. The maximum atomic E-state index is 5.55. The molecular formula is C19H28N4O2. The first-order valence-electron chi connectivity index (χ1n) is 9.07. The molecule has 2 aromatic heterocycles. The summed E-state index contributed by atoms with van der Waals surface area (Å²) < 4.78 is 11.0. The summed E-state index contributed by atoms with van der Waals surface area (Å²) in [5, 5.41) is 0. The lowest BCUT2D eigenvalue weighted by molar-refractivity contribution is 0.0320. The van der Waals surface area contributed by atoms with Gasteiger partial charge in [0.1, 0.15) is 11.6 Å². The SMILES string of the molecule is CC(C)c1nccc(CN(CCN2CCOCC2)Cc2ccco2)n1. The van der Waals surface area contributed by atoms with Crippen LogP contribution in [0.2, 0.25) is 0 Å². The van der Waals surface area contributed by atoms with E-state index in [1.54, 1.807) is 6.26 Å². The Morgan fingerprint density at radius 1 is 1.20 bits per heavy atom. The molecule has 0 unspecified atom stereocenters. The predicted octanol–water partition coefficient (Wildman–Crippen LogP) is 2.53. The van der Waals surface area contributed by atoms with Crippen LogP contribution < -0.4 is 0 Å². The normalized spacial score (nSPS) is 16.0. The first kappa shape index (κ1) is 18.0. The van der Waals surface area contributed by atoms with E-state index in [2.05, 4.69) is 28.6 Å². The molecule has 0 radical (unpaired) electrons. The van der Waals surface area contributed by atoms with Crippen molar-refractivity contribution >= 4 is 0 Å². The second-order valence-corrected chi connectivity index (χ2v) is 6.80. The molecule has 3 rings (SSSR count). The Kier molecular flexibility index (Phi) is 6.55. The molecule has 0 bridgehead atoms. The van der Waals surface area contributed by atoms with Crippen LogP contribution in [-0.4, -0.2) is 59.2 Å². The fourth-order valence-electron chi connectivity index (χ4n) is 2.95. The first-order chi connectivity index (χ1) is 12.2. The molecule has 1 aliphatic rings. The Morgan fingerprint density at radius 3 is 2.76 bits per heavy atom. The van der Waals surface area contributed by atoms with Gasteiger partial charge in [-0.25, -0.2) is 9.97 Å². The third-order valence-electron chi connectivity index (χ3n) is 4.43. The molecule has 25 heavy (non-hydrogen) atoms. The van der Waals surface area contributed by atoms with Crippen LogP contribution in [0.1, 0.15) is 37.0 Å². The topological polar surface area (TPSA) is 54.6 Å². The monoisotopic (exact) mass is 344 g/mol. The Balaban J connectivity index is 1.63. The standard InChI is InChI=1S/C19H28N4O2/c1-16(2)19-20-6-5-17(21-19)14-23(15-18-4-3-11-25-18)8-7-22-9-12-24-13-10-22/h3-6,11,16H,7-10,12-15H2,1-2H3. The summed E-state index contributed by atoms with van der Waals surface area (Å²) in [5.74, 6) is 2.23. The molecule has 0 aliphatic carbocycles. The van der Waals surface area contributed by atoms with E-state index in [0.29, 0.717) is 5.92 Å². The molecule has 136 valence electrons. The Bertz CT molecular complexity index is 624. The number of ether oxygens (including phenoxy) is 1. The second-order valence-electron chi connectivity index (χ2n) is 6.80. The van der Waals surface area contributed by atoms with Gasteiger partial charge >= 0.3 is 0 Å². The summed E-state index contributed by atoms with van der Waals surface area (Å²) in [4.78, 5) is 13.9. The maximum Gasteiger partial charge on any atom is 0.131 e. The maximum absolute atomic E-state index is 5.55. The van der Waals surface area contributed by atoms with Crippen LogP contribution in [-0.2, 0) is 17.8 Å². The summed E-state index contributed by atoms with van der Waals surface area (Å²) in [6, 6.07) is 5.98. The molecule has 6 nitrogen and oxygen atoms in total. The van der Waals surface area contributed by atoms with Crippen molar-refractivity contribution in [2.45, 2.75) is 32.9 Å². The van der Waals surface area contributed by atoms with E-state index in [1.165, 1.54) is 0 Å². The second kappa shape index (κ2) is 9.08. The minimum absolute atomic E-state index is 0.340. The minimum Gasteiger partial charge on any atom is -0.468 e. The van der Waals surface area contributed by atoms with E-state index in [9.17, 15) is 0 Å². The zero-order chi connectivity index (χ0) is 17.5. The van der Waals surface area contributed by atoms with E-state index in [1.807, 2.05) is 24.4 Å². The lowest BCUT2D eigenvalue weighted by Gasteiger charge is -2.29. The fraction of sp³-hybridized carbons (Fsp3) is 0.579. The van der Waals surface area contributed by atoms with E-state index in [-0.39, 0.29) is 0 Å². The van der Waals surface area contributed by atoms with E-state index >= 15 is 0 Å². The number of furan rings is 1. The predicted molar refractivity (Wildman–Crippen MR) is 96.2 cm³/mol. The summed E-state index contributed by atoms with van der Waals surface area (Å²) in [6.45, 7) is 11.5. The Hall–Kier alpha value is -1.76. The van der Waals surface area contributed by atoms with Crippen molar-refractivity contribution < 1.29 is 9.15 Å². The van der Waals surface area contributed by atoms with Gasteiger partial charge in [0.25, 0.3) is 0 Å². The smallest absolute Gasteiger partial charge is 0.131 e. The van der Waals surface area contributed by atoms with Gasteiger partial charge in [-0.15, -0.1) is 0 Å². The largest absolute Gasteiger partial charge is 0.468 e. The van der Waals surface area contributed by atoms with Crippen LogP contribution in [0.25, 0.3) is 0 Å². The summed E-state index contributed by atoms with van der Waals surface area (Å²) in [6.07, 6.45) is 3.60. The molecule has 1 fully saturated rings. The van der Waals surface area contributed by atoms with Gasteiger partial charge in [0.05, 0.1) is 31.7 Å². The van der Waals surface area contributed by atoms with Gasteiger partial charge in [-0.3, -0.25) is 9.80 Å². The van der Waals surface area contributed by atoms with Crippen LogP contribution >= 0.6 is 0 Å². The summed E-state index contributed by atoms with van der Waals surface area (Å²) in [5.41, 5.74) is 1.06. The average Bonchev–Trinajstić information content (AvgIpc) is 3.14. The molecule has 3 heterocycles. The van der Waals surface area contributed by atoms with Crippen molar-refractivity contribution in [3.05, 3.63) is 47.9 Å². The summed E-state index contributed by atoms with van der Waals surface area (Å²) >= 11 is 0. The highest BCUT2D eigenvalue weighted by atomic mass is 16.5. The Morgan fingerprint density at radius 2 is 2.04 bits per heavy atom. The zero-order valence-electron chi connectivity index (χ0n) is 15.2. The molecule has 0 N–H and O–H groups in total. The molecular weight excluding hydrogens is 316 g/mol. The molecule has 6 heteroatoms. The number of hydrogen-bond acceptors (Lipinski definition) is 6. The van der Waals surface area contributed by atoms with E-state index in [4.69, 9.17) is 14.1 Å². The van der Waals surface area contributed by atoms with Crippen LogP contribution in [0.5, 0.6) is 0 Å². The highest BCUT2D eigenvalue weighted by Crippen LogP contribution is 2.12. The van der Waals surface area contributed by atoms with Crippen molar-refractivity contribution in [2.75, 3.05) is 39.4 Å². The molecule has 0 spiro atoms. The molecule has 0 atom stereocenters. The lowest BCUT2D eigenvalue weighted by Crippen LogP contribution is -2.41. The van der Waals surface area contributed by atoms with Gasteiger partial charge < -0.3 is 9.15 Å². The molecule has 1 aliphatic heterocycles. The molecule has 1 saturated heterocycles.